The van der Waals surface area contributed by atoms with Crippen LogP contribution in [0.4, 0.5) is 23.2 Å². The molecule has 0 aliphatic carbocycles. The van der Waals surface area contributed by atoms with E-state index < -0.39 is 17.6 Å². The second kappa shape index (κ2) is 3.16. The van der Waals surface area contributed by atoms with Gasteiger partial charge >= 0.3 is 6.18 Å². The first-order valence-electron chi connectivity index (χ1n) is 3.28. The van der Waals surface area contributed by atoms with Gasteiger partial charge in [-0.2, -0.15) is 13.2 Å². The number of aliphatic imine (C=N–C) groups is 1. The van der Waals surface area contributed by atoms with Gasteiger partial charge in [-0.1, -0.05) is 0 Å². The molecule has 0 heterocycles. The Kier molecular flexibility index (Phi) is 2.36. The van der Waals surface area contributed by atoms with Crippen molar-refractivity contribution >= 4 is 12.4 Å². The van der Waals surface area contributed by atoms with Crippen LogP contribution < -0.4 is 0 Å². The molecule has 0 aromatic heterocycles. The topological polar surface area (TPSA) is 12.4 Å². The summed E-state index contributed by atoms with van der Waals surface area (Å²) in [5.41, 5.74) is -1.22. The Labute approximate surface area is 71.7 Å². The summed E-state index contributed by atoms with van der Waals surface area (Å²) >= 11 is 0. The zero-order chi connectivity index (χ0) is 10.1. The maximum atomic E-state index is 12.7. The van der Waals surface area contributed by atoms with Crippen LogP contribution in [-0.2, 0) is 6.18 Å². The van der Waals surface area contributed by atoms with Crippen molar-refractivity contribution in [1.82, 2.24) is 0 Å². The van der Waals surface area contributed by atoms with Gasteiger partial charge < -0.3 is 0 Å². The number of rotatable bonds is 1. The molecule has 0 unspecified atom stereocenters. The third-order valence-electron chi connectivity index (χ3n) is 1.44. The first-order valence-corrected chi connectivity index (χ1v) is 3.28. The van der Waals surface area contributed by atoms with Crippen LogP contribution in [0.3, 0.4) is 0 Å². The van der Waals surface area contributed by atoms with Crippen LogP contribution in [0, 0.1) is 5.82 Å². The van der Waals surface area contributed by atoms with Crippen LogP contribution in [0.25, 0.3) is 0 Å². The van der Waals surface area contributed by atoms with Gasteiger partial charge in [0.1, 0.15) is 5.82 Å². The lowest BCUT2D eigenvalue weighted by Crippen LogP contribution is -2.07. The van der Waals surface area contributed by atoms with E-state index in [1.54, 1.807) is 0 Å². The molecule has 0 radical (unpaired) electrons. The van der Waals surface area contributed by atoms with Crippen molar-refractivity contribution in [1.29, 1.82) is 0 Å². The van der Waals surface area contributed by atoms with Gasteiger partial charge in [0.05, 0.1) is 11.3 Å². The molecule has 5 heteroatoms. The summed E-state index contributed by atoms with van der Waals surface area (Å²) in [5.74, 6) is -1.34. The highest BCUT2D eigenvalue weighted by Gasteiger charge is 2.33. The summed E-state index contributed by atoms with van der Waals surface area (Å²) in [6, 6.07) is 2.38. The fraction of sp³-hybridized carbons (Fsp3) is 0.125. The van der Waals surface area contributed by atoms with Gasteiger partial charge in [0, 0.05) is 6.07 Å². The molecule has 0 saturated carbocycles. The highest BCUT2D eigenvalue weighted by atomic mass is 19.4. The van der Waals surface area contributed by atoms with Crippen molar-refractivity contribution < 1.29 is 17.6 Å². The zero-order valence-corrected chi connectivity index (χ0v) is 6.40. The van der Waals surface area contributed by atoms with E-state index in [9.17, 15) is 17.6 Å². The van der Waals surface area contributed by atoms with Crippen LogP contribution in [0.5, 0.6) is 0 Å². The van der Waals surface area contributed by atoms with Crippen LogP contribution in [-0.4, -0.2) is 6.72 Å². The first-order chi connectivity index (χ1) is 5.95. The minimum atomic E-state index is -4.66. The summed E-state index contributed by atoms with van der Waals surface area (Å²) in [4.78, 5) is 3.30. The quantitative estimate of drug-likeness (QED) is 0.477. The van der Waals surface area contributed by atoms with Crippen molar-refractivity contribution in [3.63, 3.8) is 0 Å². The van der Waals surface area contributed by atoms with Crippen molar-refractivity contribution in [3.05, 3.63) is 29.6 Å². The lowest BCUT2D eigenvalue weighted by Gasteiger charge is -2.07. The third kappa shape index (κ3) is 2.05. The van der Waals surface area contributed by atoms with Crippen molar-refractivity contribution in [2.45, 2.75) is 6.18 Å². The normalized spacial score (nSPS) is 11.4. The van der Waals surface area contributed by atoms with E-state index in [0.717, 1.165) is 6.07 Å². The molecule has 0 fully saturated rings. The van der Waals surface area contributed by atoms with Crippen molar-refractivity contribution in [2.24, 2.45) is 4.99 Å². The molecule has 0 aliphatic heterocycles. The van der Waals surface area contributed by atoms with Gasteiger partial charge in [-0.05, 0) is 18.9 Å². The highest BCUT2D eigenvalue weighted by Crippen LogP contribution is 2.32. The Bertz CT molecular complexity index is 329. The maximum Gasteiger partial charge on any atom is 0.419 e. The van der Waals surface area contributed by atoms with Gasteiger partial charge in [-0.3, -0.25) is 4.99 Å². The Morgan fingerprint density at radius 3 is 2.23 bits per heavy atom. The van der Waals surface area contributed by atoms with Gasteiger partial charge in [-0.15, -0.1) is 0 Å². The van der Waals surface area contributed by atoms with E-state index in [1.165, 1.54) is 0 Å². The maximum absolute atomic E-state index is 12.7. The number of alkyl halides is 3. The first kappa shape index (κ1) is 9.70. The summed E-state index contributed by atoms with van der Waals surface area (Å²) in [5, 5.41) is 0. The van der Waals surface area contributed by atoms with E-state index in [4.69, 9.17) is 0 Å². The summed E-state index contributed by atoms with van der Waals surface area (Å²) < 4.78 is 48.7. The van der Waals surface area contributed by atoms with E-state index in [2.05, 4.69) is 11.7 Å². The summed E-state index contributed by atoms with van der Waals surface area (Å²) in [6.07, 6.45) is -4.66. The molecule has 0 atom stereocenters. The predicted molar refractivity (Wildman–Crippen MR) is 40.6 cm³/mol. The van der Waals surface area contributed by atoms with E-state index in [1.807, 2.05) is 0 Å². The Hall–Kier alpha value is -1.39. The molecule has 13 heavy (non-hydrogen) atoms. The molecular formula is C8H5F4N. The number of halogens is 4. The molecule has 70 valence electrons. The molecule has 1 nitrogen and oxygen atoms in total. The van der Waals surface area contributed by atoms with Gasteiger partial charge in [0.25, 0.3) is 0 Å². The van der Waals surface area contributed by atoms with E-state index in [0.29, 0.717) is 12.1 Å². The predicted octanol–water partition coefficient (Wildman–Crippen LogP) is 3.18. The SMILES string of the molecule is C=Nc1ccc(C(F)(F)F)c(F)c1. The minimum Gasteiger partial charge on any atom is -0.265 e. The fourth-order valence-electron chi connectivity index (χ4n) is 0.832. The number of hydrogen-bond acceptors (Lipinski definition) is 1. The second-order valence-corrected chi connectivity index (χ2v) is 2.32. The van der Waals surface area contributed by atoms with Crippen molar-refractivity contribution in [2.75, 3.05) is 0 Å². The van der Waals surface area contributed by atoms with E-state index in [-0.39, 0.29) is 5.69 Å². The Balaban J connectivity index is 3.20. The van der Waals surface area contributed by atoms with Gasteiger partial charge in [-0.25, -0.2) is 4.39 Å². The highest BCUT2D eigenvalue weighted by molar-refractivity contribution is 5.46. The molecule has 0 spiro atoms. The monoisotopic (exact) mass is 191 g/mol. The standard InChI is InChI=1S/C8H5F4N/c1-13-5-2-3-6(7(9)4-5)8(10,11)12/h2-4H,1H2. The number of nitrogens with zero attached hydrogens (tertiary/aromatic N) is 1. The molecule has 1 aromatic carbocycles. The van der Waals surface area contributed by atoms with Gasteiger partial charge in [0.15, 0.2) is 0 Å². The molecule has 0 N–H and O–H groups in total. The van der Waals surface area contributed by atoms with E-state index >= 15 is 0 Å². The third-order valence-corrected chi connectivity index (χ3v) is 1.44. The largest absolute Gasteiger partial charge is 0.419 e. The smallest absolute Gasteiger partial charge is 0.265 e. The number of benzene rings is 1. The van der Waals surface area contributed by atoms with Gasteiger partial charge in [0.2, 0.25) is 0 Å². The minimum absolute atomic E-state index is 0.0745. The zero-order valence-electron chi connectivity index (χ0n) is 6.40. The lowest BCUT2D eigenvalue weighted by molar-refractivity contribution is -0.139. The average molecular weight is 191 g/mol. The summed E-state index contributed by atoms with van der Waals surface area (Å²) in [6.45, 7) is 3.07. The molecule has 0 saturated heterocycles. The van der Waals surface area contributed by atoms with Crippen molar-refractivity contribution in [3.8, 4) is 0 Å². The molecular weight excluding hydrogens is 186 g/mol. The van der Waals surface area contributed by atoms with Crippen LogP contribution in [0.15, 0.2) is 23.2 Å². The van der Waals surface area contributed by atoms with Crippen LogP contribution in [0.2, 0.25) is 0 Å². The molecule has 1 aromatic rings. The Morgan fingerprint density at radius 2 is 1.85 bits per heavy atom. The average Bonchev–Trinajstić information content (AvgIpc) is 2.01. The lowest BCUT2D eigenvalue weighted by atomic mass is 10.2. The molecule has 0 bridgehead atoms. The fourth-order valence-corrected chi connectivity index (χ4v) is 0.832. The second-order valence-electron chi connectivity index (χ2n) is 2.32. The summed E-state index contributed by atoms with van der Waals surface area (Å²) in [7, 11) is 0. The van der Waals surface area contributed by atoms with Crippen LogP contribution in [0.1, 0.15) is 5.56 Å². The molecule has 0 amide bonds. The molecule has 1 rings (SSSR count). The number of hydrogen-bond donors (Lipinski definition) is 0. The molecule has 0 aliphatic rings. The Morgan fingerprint density at radius 1 is 1.23 bits per heavy atom. The van der Waals surface area contributed by atoms with Crippen LogP contribution >= 0.6 is 0 Å².